The van der Waals surface area contributed by atoms with E-state index in [0.717, 1.165) is 67.0 Å². The quantitative estimate of drug-likeness (QED) is 0.699. The van der Waals surface area contributed by atoms with E-state index in [0.29, 0.717) is 29.6 Å². The predicted molar refractivity (Wildman–Crippen MR) is 118 cm³/mol. The van der Waals surface area contributed by atoms with E-state index in [9.17, 15) is 9.59 Å². The first-order chi connectivity index (χ1) is 14.3. The van der Waals surface area contributed by atoms with Crippen LogP contribution in [0.4, 0.5) is 0 Å². The van der Waals surface area contributed by atoms with Crippen molar-refractivity contribution in [3.05, 3.63) is 55.4 Å². The highest BCUT2D eigenvalue weighted by molar-refractivity contribution is 5.23. The van der Waals surface area contributed by atoms with Crippen molar-refractivity contribution in [3.8, 4) is 0 Å². The second-order valence-electron chi connectivity index (χ2n) is 10.1. The van der Waals surface area contributed by atoms with Gasteiger partial charge in [0.1, 0.15) is 0 Å². The number of aromatic amines is 2. The molecule has 2 aromatic heterocycles. The lowest BCUT2D eigenvalue weighted by Gasteiger charge is -2.36. The van der Waals surface area contributed by atoms with E-state index in [-0.39, 0.29) is 11.1 Å². The van der Waals surface area contributed by atoms with E-state index >= 15 is 0 Å². The Morgan fingerprint density at radius 2 is 1.43 bits per heavy atom. The van der Waals surface area contributed by atoms with Crippen LogP contribution in [0.25, 0.3) is 0 Å². The van der Waals surface area contributed by atoms with E-state index in [4.69, 9.17) is 0 Å². The fourth-order valence-electron chi connectivity index (χ4n) is 5.04. The summed E-state index contributed by atoms with van der Waals surface area (Å²) in [5.74, 6) is 2.78. The number of nitrogens with one attached hydrogen (secondary N) is 2. The van der Waals surface area contributed by atoms with Crippen molar-refractivity contribution in [3.63, 3.8) is 0 Å². The highest BCUT2D eigenvalue weighted by atomic mass is 16.1. The number of hydrogen-bond donors (Lipinski definition) is 2. The zero-order chi connectivity index (χ0) is 21.4. The molecule has 30 heavy (non-hydrogen) atoms. The summed E-state index contributed by atoms with van der Waals surface area (Å²) in [6, 6.07) is 4.05. The molecule has 6 nitrogen and oxygen atoms in total. The number of aromatic nitrogens is 4. The Kier molecular flexibility index (Phi) is 5.94. The summed E-state index contributed by atoms with van der Waals surface area (Å²) in [6.07, 6.45) is 6.55. The van der Waals surface area contributed by atoms with Crippen molar-refractivity contribution in [2.24, 2.45) is 11.8 Å². The van der Waals surface area contributed by atoms with Crippen molar-refractivity contribution < 1.29 is 0 Å². The van der Waals surface area contributed by atoms with Crippen LogP contribution in [0.15, 0.2) is 21.7 Å². The largest absolute Gasteiger partial charge is 0.268 e. The Morgan fingerprint density at radius 3 is 2.00 bits per heavy atom. The number of H-pyrrole nitrogens is 2. The maximum atomic E-state index is 12.2. The molecule has 2 aliphatic carbocycles. The Balaban J connectivity index is 1.32. The standard InChI is InChI=1S/C24H34N4O2/c1-13(2)21-11-19(23(29)27-25-21)18-9-16(10-18)6-5-15(4)22-12-20(24(30)28-26-22)17-7-14(3)8-17/h11-18H,5-10H2,1-4H3,(H,27,29)(H,28,30). The Hall–Kier alpha value is -2.24. The second-order valence-corrected chi connectivity index (χ2v) is 10.1. The van der Waals surface area contributed by atoms with Gasteiger partial charge in [0.05, 0.1) is 11.4 Å². The van der Waals surface area contributed by atoms with Gasteiger partial charge in [-0.3, -0.25) is 9.59 Å². The first kappa shape index (κ1) is 21.0. The third kappa shape index (κ3) is 4.28. The van der Waals surface area contributed by atoms with Gasteiger partial charge in [-0.1, -0.05) is 27.7 Å². The van der Waals surface area contributed by atoms with E-state index < -0.39 is 0 Å². The average Bonchev–Trinajstić information content (AvgIpc) is 2.65. The summed E-state index contributed by atoms with van der Waals surface area (Å²) < 4.78 is 0. The van der Waals surface area contributed by atoms with Crippen LogP contribution in [-0.4, -0.2) is 20.4 Å². The molecule has 0 bridgehead atoms. The van der Waals surface area contributed by atoms with E-state index in [1.165, 1.54) is 0 Å². The van der Waals surface area contributed by atoms with Crippen LogP contribution < -0.4 is 11.1 Å². The van der Waals surface area contributed by atoms with Crippen molar-refractivity contribution in [1.82, 2.24) is 20.4 Å². The van der Waals surface area contributed by atoms with Crippen LogP contribution >= 0.6 is 0 Å². The molecule has 4 rings (SSSR count). The van der Waals surface area contributed by atoms with Gasteiger partial charge >= 0.3 is 0 Å². The van der Waals surface area contributed by atoms with Gasteiger partial charge in [-0.2, -0.15) is 10.2 Å². The smallest absolute Gasteiger partial charge is 0.267 e. The Morgan fingerprint density at radius 1 is 0.900 bits per heavy atom. The van der Waals surface area contributed by atoms with Crippen molar-refractivity contribution in [1.29, 1.82) is 0 Å². The maximum Gasteiger partial charge on any atom is 0.267 e. The van der Waals surface area contributed by atoms with Crippen LogP contribution in [0.3, 0.4) is 0 Å². The molecular formula is C24H34N4O2. The van der Waals surface area contributed by atoms with Crippen LogP contribution in [0, 0.1) is 11.8 Å². The molecule has 2 saturated carbocycles. The molecule has 162 valence electrons. The summed E-state index contributed by atoms with van der Waals surface area (Å²) in [5.41, 5.74) is 3.74. The fraction of sp³-hybridized carbons (Fsp3) is 0.667. The number of nitrogens with zero attached hydrogens (tertiary/aromatic N) is 2. The van der Waals surface area contributed by atoms with Gasteiger partial charge in [0.2, 0.25) is 0 Å². The molecule has 0 saturated heterocycles. The summed E-state index contributed by atoms with van der Waals surface area (Å²) in [4.78, 5) is 24.4. The normalized spacial score (nSPS) is 26.8. The monoisotopic (exact) mass is 410 g/mol. The van der Waals surface area contributed by atoms with E-state index in [2.05, 4.69) is 48.1 Å². The first-order valence-electron chi connectivity index (χ1n) is 11.5. The Bertz CT molecular complexity index is 997. The predicted octanol–water partition coefficient (Wildman–Crippen LogP) is 4.57. The molecule has 1 unspecified atom stereocenters. The lowest BCUT2D eigenvalue weighted by Crippen LogP contribution is -2.29. The fourth-order valence-corrected chi connectivity index (χ4v) is 5.04. The molecule has 6 heteroatoms. The SMILES string of the molecule is CC1CC(c2cc(C(C)CCC3CC(c4cc(C(C)C)n[nH]c4=O)C3)n[nH]c2=O)C1. The summed E-state index contributed by atoms with van der Waals surface area (Å²) in [5, 5.41) is 13.9. The molecule has 0 aromatic carbocycles. The van der Waals surface area contributed by atoms with E-state index in [1.54, 1.807) is 0 Å². The van der Waals surface area contributed by atoms with Gasteiger partial charge in [0.15, 0.2) is 0 Å². The summed E-state index contributed by atoms with van der Waals surface area (Å²) in [6.45, 7) is 8.63. The van der Waals surface area contributed by atoms with Gasteiger partial charge in [0, 0.05) is 17.0 Å². The minimum absolute atomic E-state index is 0.0203. The van der Waals surface area contributed by atoms with Gasteiger partial charge in [-0.15, -0.1) is 0 Å². The van der Waals surface area contributed by atoms with Crippen LogP contribution in [0.2, 0.25) is 0 Å². The van der Waals surface area contributed by atoms with Crippen LogP contribution in [0.1, 0.15) is 112 Å². The van der Waals surface area contributed by atoms with Crippen molar-refractivity contribution in [2.75, 3.05) is 0 Å². The molecule has 2 aromatic rings. The molecule has 0 spiro atoms. The maximum absolute atomic E-state index is 12.2. The highest BCUT2D eigenvalue weighted by Crippen LogP contribution is 2.44. The number of rotatable bonds is 7. The average molecular weight is 411 g/mol. The molecule has 2 aliphatic rings. The van der Waals surface area contributed by atoms with Crippen molar-refractivity contribution in [2.45, 2.75) is 89.9 Å². The Labute approximate surface area is 177 Å². The molecule has 2 N–H and O–H groups in total. The van der Waals surface area contributed by atoms with Gasteiger partial charge in [-0.05, 0) is 80.2 Å². The van der Waals surface area contributed by atoms with Crippen LogP contribution in [0.5, 0.6) is 0 Å². The molecule has 2 heterocycles. The zero-order valence-corrected chi connectivity index (χ0v) is 18.6. The third-order valence-corrected chi connectivity index (χ3v) is 7.30. The minimum atomic E-state index is -0.0356. The molecule has 2 fully saturated rings. The van der Waals surface area contributed by atoms with Gasteiger partial charge in [-0.25, -0.2) is 10.2 Å². The highest BCUT2D eigenvalue weighted by Gasteiger charge is 2.33. The zero-order valence-electron chi connectivity index (χ0n) is 18.6. The summed E-state index contributed by atoms with van der Waals surface area (Å²) in [7, 11) is 0. The van der Waals surface area contributed by atoms with Gasteiger partial charge in [0.25, 0.3) is 11.1 Å². The number of hydrogen-bond acceptors (Lipinski definition) is 4. The molecule has 0 radical (unpaired) electrons. The first-order valence-corrected chi connectivity index (χ1v) is 11.5. The topological polar surface area (TPSA) is 91.5 Å². The van der Waals surface area contributed by atoms with Crippen molar-refractivity contribution >= 4 is 0 Å². The molecule has 0 aliphatic heterocycles. The lowest BCUT2D eigenvalue weighted by molar-refractivity contribution is 0.237. The van der Waals surface area contributed by atoms with E-state index in [1.807, 2.05) is 12.1 Å². The molecular weight excluding hydrogens is 376 g/mol. The minimum Gasteiger partial charge on any atom is -0.268 e. The lowest BCUT2D eigenvalue weighted by atomic mass is 9.69. The van der Waals surface area contributed by atoms with Gasteiger partial charge < -0.3 is 0 Å². The third-order valence-electron chi connectivity index (χ3n) is 7.30. The molecule has 1 atom stereocenters. The second kappa shape index (κ2) is 8.48. The van der Waals surface area contributed by atoms with Crippen LogP contribution in [-0.2, 0) is 0 Å². The molecule has 0 amide bonds. The summed E-state index contributed by atoms with van der Waals surface area (Å²) >= 11 is 0.